The number of fused-ring (bicyclic) bond motifs is 2. The molecule has 0 radical (unpaired) electrons. The first-order valence-electron chi connectivity index (χ1n) is 20.7. The molecule has 0 fully saturated rings. The van der Waals surface area contributed by atoms with E-state index in [-0.39, 0.29) is 39.7 Å². The number of carbonyl (C=O) groups is 1. The molecule has 2 N–H and O–H groups in total. The summed E-state index contributed by atoms with van der Waals surface area (Å²) < 4.78 is 2.53. The highest BCUT2D eigenvalue weighted by Crippen LogP contribution is 2.49. The number of carbonyl (C=O) groups excluding carboxylic acids is 1. The van der Waals surface area contributed by atoms with Crippen LogP contribution in [0.5, 0.6) is 0 Å². The topological polar surface area (TPSA) is 86.0 Å². The summed E-state index contributed by atoms with van der Waals surface area (Å²) >= 11 is 13.5. The number of benzene rings is 3. The van der Waals surface area contributed by atoms with Gasteiger partial charge in [0.25, 0.3) is 0 Å². The lowest BCUT2D eigenvalue weighted by Crippen LogP contribution is -2.30. The maximum atomic E-state index is 12.7. The minimum Gasteiger partial charge on any atom is -0.344 e. The Morgan fingerprint density at radius 3 is 2.29 bits per heavy atom. The van der Waals surface area contributed by atoms with E-state index in [0.717, 1.165) is 50.8 Å². The van der Waals surface area contributed by atoms with Crippen molar-refractivity contribution < 1.29 is 9.37 Å². The van der Waals surface area contributed by atoms with Gasteiger partial charge in [-0.3, -0.25) is 15.6 Å². The van der Waals surface area contributed by atoms with Crippen molar-refractivity contribution in [2.45, 2.75) is 102 Å². The molecule has 1 aromatic heterocycles. The molecule has 3 aromatic carbocycles. The van der Waals surface area contributed by atoms with Crippen LogP contribution in [-0.2, 0) is 22.0 Å². The lowest BCUT2D eigenvalue weighted by atomic mass is 9.81. The van der Waals surface area contributed by atoms with Crippen LogP contribution in [0.2, 0.25) is 10.6 Å². The summed E-state index contributed by atoms with van der Waals surface area (Å²) in [5.41, 5.74) is 17.0. The van der Waals surface area contributed by atoms with E-state index in [0.29, 0.717) is 6.42 Å². The summed E-state index contributed by atoms with van der Waals surface area (Å²) in [6, 6.07) is 26.4. The molecular formula is C48H54Cl2N7OS+. The lowest BCUT2D eigenvalue weighted by molar-refractivity contribution is -0.437. The van der Waals surface area contributed by atoms with E-state index in [1.54, 1.807) is 0 Å². The molecule has 3 heterocycles. The van der Waals surface area contributed by atoms with Gasteiger partial charge in [0.2, 0.25) is 28.1 Å². The van der Waals surface area contributed by atoms with Crippen LogP contribution in [-0.4, -0.2) is 44.2 Å². The van der Waals surface area contributed by atoms with Gasteiger partial charge in [-0.25, -0.2) is 0 Å². The van der Waals surface area contributed by atoms with Gasteiger partial charge >= 0.3 is 0 Å². The normalized spacial score (nSPS) is 18.3. The van der Waals surface area contributed by atoms with Gasteiger partial charge in [0, 0.05) is 63.7 Å². The van der Waals surface area contributed by atoms with E-state index in [1.807, 2.05) is 11.8 Å². The Hall–Kier alpha value is -4.70. The molecule has 306 valence electrons. The van der Waals surface area contributed by atoms with Crippen LogP contribution in [0.1, 0.15) is 96.8 Å². The Morgan fingerprint density at radius 2 is 1.56 bits per heavy atom. The van der Waals surface area contributed by atoms with Crippen molar-refractivity contribution in [3.05, 3.63) is 146 Å². The third kappa shape index (κ3) is 9.23. The van der Waals surface area contributed by atoms with Gasteiger partial charge < -0.3 is 4.90 Å². The van der Waals surface area contributed by atoms with Crippen LogP contribution in [0.15, 0.2) is 124 Å². The number of hydrazine groups is 1. The Labute approximate surface area is 363 Å². The number of rotatable bonds is 14. The molecule has 59 heavy (non-hydrogen) atoms. The number of para-hydroxylation sites is 2. The molecule has 0 unspecified atom stereocenters. The summed E-state index contributed by atoms with van der Waals surface area (Å²) in [4.78, 5) is 29.2. The molecule has 0 spiro atoms. The Morgan fingerprint density at radius 1 is 0.847 bits per heavy atom. The number of anilines is 2. The Kier molecular flexibility index (Phi) is 13.1. The minimum absolute atomic E-state index is 0.0601. The standard InChI is InChI=1S/C48H53Cl2N7OS/c1-7-30-56-38-18-11-9-16-36(38)47(3,4)40(56)27-23-33-14-13-15-34(24-28-41-48(5,6)37-17-10-12-19-39(37)57(41)31-8-2)43(33)59-35-25-20-32(21-26-35)22-29-42(58)54-55-46-52-44(49)51-45(50)53-46/h9-12,16-21,23-28H,7-8,13-15,22,29-31H2,1-6H3,(H-,51,52,53,54,55,58)/p+1. The van der Waals surface area contributed by atoms with E-state index in [1.165, 1.54) is 54.9 Å². The molecule has 4 aromatic rings. The summed E-state index contributed by atoms with van der Waals surface area (Å²) in [5, 5.41) is -0.120. The predicted molar refractivity (Wildman–Crippen MR) is 245 cm³/mol. The van der Waals surface area contributed by atoms with Crippen LogP contribution in [0.3, 0.4) is 0 Å². The van der Waals surface area contributed by atoms with Crippen LogP contribution < -0.4 is 15.8 Å². The number of halogens is 2. The summed E-state index contributed by atoms with van der Waals surface area (Å²) in [5.74, 6) is -0.136. The van der Waals surface area contributed by atoms with Crippen LogP contribution in [0.25, 0.3) is 0 Å². The van der Waals surface area contributed by atoms with E-state index in [4.69, 9.17) is 23.2 Å². The van der Waals surface area contributed by atoms with Crippen LogP contribution in [0.4, 0.5) is 17.3 Å². The zero-order valence-corrected chi connectivity index (χ0v) is 37.2. The van der Waals surface area contributed by atoms with Gasteiger partial charge in [-0.2, -0.15) is 19.5 Å². The first-order valence-corrected chi connectivity index (χ1v) is 22.3. The highest BCUT2D eigenvalue weighted by molar-refractivity contribution is 8.03. The molecule has 0 bridgehead atoms. The molecule has 1 aliphatic carbocycles. The van der Waals surface area contributed by atoms with Gasteiger partial charge in [0.15, 0.2) is 5.71 Å². The second-order valence-electron chi connectivity index (χ2n) is 16.4. The number of allylic oxidation sites excluding steroid dienone is 7. The Bertz CT molecular complexity index is 2360. The molecule has 0 saturated heterocycles. The van der Waals surface area contributed by atoms with Crippen molar-refractivity contribution in [1.29, 1.82) is 0 Å². The number of hydrogen-bond donors (Lipinski definition) is 2. The summed E-state index contributed by atoms with van der Waals surface area (Å²) in [7, 11) is 0. The van der Waals surface area contributed by atoms with Crippen LogP contribution in [0, 0.1) is 0 Å². The van der Waals surface area contributed by atoms with Crippen molar-refractivity contribution in [2.75, 3.05) is 23.4 Å². The fourth-order valence-electron chi connectivity index (χ4n) is 8.59. The third-order valence-electron chi connectivity index (χ3n) is 11.5. The minimum atomic E-state index is -0.209. The monoisotopic (exact) mass is 846 g/mol. The average molecular weight is 848 g/mol. The van der Waals surface area contributed by atoms with E-state index in [9.17, 15) is 4.79 Å². The lowest BCUT2D eigenvalue weighted by Gasteiger charge is -2.27. The number of aromatic nitrogens is 3. The van der Waals surface area contributed by atoms with Crippen molar-refractivity contribution in [1.82, 2.24) is 20.4 Å². The number of hydrogen-bond acceptors (Lipinski definition) is 7. The van der Waals surface area contributed by atoms with Gasteiger partial charge in [-0.1, -0.05) is 100 Å². The number of amides is 1. The molecule has 2 aliphatic heterocycles. The smallest absolute Gasteiger partial charge is 0.247 e. The zero-order chi connectivity index (χ0) is 41.7. The van der Waals surface area contributed by atoms with Gasteiger partial charge in [-0.15, -0.1) is 0 Å². The molecule has 0 saturated carbocycles. The van der Waals surface area contributed by atoms with Crippen molar-refractivity contribution >= 4 is 63.9 Å². The van der Waals surface area contributed by atoms with E-state index >= 15 is 0 Å². The second-order valence-corrected chi connectivity index (χ2v) is 18.1. The summed E-state index contributed by atoms with van der Waals surface area (Å²) in [6.07, 6.45) is 15.8. The van der Waals surface area contributed by atoms with E-state index in [2.05, 4.69) is 174 Å². The molecule has 3 aliphatic rings. The molecule has 7 rings (SSSR count). The number of nitrogens with one attached hydrogen (secondary N) is 2. The highest BCUT2D eigenvalue weighted by Gasteiger charge is 2.44. The van der Waals surface area contributed by atoms with Crippen LogP contribution >= 0.6 is 35.0 Å². The average Bonchev–Trinajstić information content (AvgIpc) is 3.56. The third-order valence-corrected chi connectivity index (χ3v) is 13.1. The fraction of sp³-hybridized carbons (Fsp3) is 0.354. The van der Waals surface area contributed by atoms with Crippen molar-refractivity contribution in [2.24, 2.45) is 0 Å². The fourth-order valence-corrected chi connectivity index (χ4v) is 10.1. The second kappa shape index (κ2) is 18.3. The van der Waals surface area contributed by atoms with E-state index < -0.39 is 0 Å². The summed E-state index contributed by atoms with van der Waals surface area (Å²) in [6.45, 7) is 15.9. The van der Waals surface area contributed by atoms with Gasteiger partial charge in [0.1, 0.15) is 6.54 Å². The maximum absolute atomic E-state index is 12.7. The highest BCUT2D eigenvalue weighted by atomic mass is 35.5. The van der Waals surface area contributed by atoms with Crippen molar-refractivity contribution in [3.63, 3.8) is 0 Å². The van der Waals surface area contributed by atoms with Gasteiger partial charge in [-0.05, 0) is 116 Å². The quantitative estimate of drug-likeness (QED) is 0.0965. The maximum Gasteiger partial charge on any atom is 0.247 e. The molecule has 11 heteroatoms. The molecule has 8 nitrogen and oxygen atoms in total. The molecule has 0 atom stereocenters. The number of nitrogens with zero attached hydrogens (tertiary/aromatic N) is 5. The largest absolute Gasteiger partial charge is 0.344 e. The number of thioether (sulfide) groups is 1. The van der Waals surface area contributed by atoms with Crippen molar-refractivity contribution in [3.8, 4) is 0 Å². The molecule has 1 amide bonds. The Balaban J connectivity index is 1.18. The van der Waals surface area contributed by atoms with Gasteiger partial charge in [0.05, 0.1) is 5.41 Å². The number of aryl methyl sites for hydroxylation is 1. The first kappa shape index (κ1) is 42.4. The molecular weight excluding hydrogens is 794 g/mol. The predicted octanol–water partition coefficient (Wildman–Crippen LogP) is 11.8. The zero-order valence-electron chi connectivity index (χ0n) is 34.9. The SMILES string of the molecule is CCCN1/C(=C/C=C2\CCCC(/C=C/C3=[N+](CCC)c4ccccc4C3(C)C)=C2Sc2ccc(CCC(=O)NNc3nc(Cl)nc(Cl)n3)cc2)C(C)(C)c2ccccc21. The first-order chi connectivity index (χ1) is 28.4.